The van der Waals surface area contributed by atoms with Gasteiger partial charge >= 0.3 is 0 Å². The van der Waals surface area contributed by atoms with Gasteiger partial charge in [-0.15, -0.1) is 11.6 Å². The predicted octanol–water partition coefficient (Wildman–Crippen LogP) is 3.88. The van der Waals surface area contributed by atoms with E-state index in [1.165, 1.54) is 0 Å². The third-order valence-corrected chi connectivity index (χ3v) is 3.02. The Morgan fingerprint density at radius 3 is 2.53 bits per heavy atom. The summed E-state index contributed by atoms with van der Waals surface area (Å²) in [6.07, 6.45) is 1.08. The summed E-state index contributed by atoms with van der Waals surface area (Å²) in [5.74, 6) is 2.57. The first-order valence-corrected chi connectivity index (χ1v) is 7.14. The van der Waals surface area contributed by atoms with Gasteiger partial charge < -0.3 is 14.2 Å². The molecule has 0 spiro atoms. The lowest BCUT2D eigenvalue weighted by atomic mass is 10.1. The van der Waals surface area contributed by atoms with Gasteiger partial charge in [0.15, 0.2) is 11.5 Å². The molecule has 19 heavy (non-hydrogen) atoms. The molecule has 0 bridgehead atoms. The first-order valence-electron chi connectivity index (χ1n) is 6.60. The van der Waals surface area contributed by atoms with Crippen LogP contribution in [0.1, 0.15) is 25.8 Å². The fraction of sp³-hybridized carbons (Fsp3) is 0.600. The fourth-order valence-corrected chi connectivity index (χ4v) is 1.71. The summed E-state index contributed by atoms with van der Waals surface area (Å²) in [5, 5.41) is 0. The van der Waals surface area contributed by atoms with Crippen LogP contribution in [-0.4, -0.2) is 26.9 Å². The van der Waals surface area contributed by atoms with Crippen LogP contribution >= 0.6 is 11.6 Å². The minimum atomic E-state index is 0.467. The summed E-state index contributed by atoms with van der Waals surface area (Å²) in [5.41, 5.74) is 1.01. The number of hydrogen-bond donors (Lipinski definition) is 0. The zero-order chi connectivity index (χ0) is 14.1. The Morgan fingerprint density at radius 2 is 1.89 bits per heavy atom. The highest BCUT2D eigenvalue weighted by Gasteiger charge is 2.05. The van der Waals surface area contributed by atoms with Crippen molar-refractivity contribution in [2.24, 2.45) is 5.92 Å². The predicted molar refractivity (Wildman–Crippen MR) is 78.3 cm³/mol. The van der Waals surface area contributed by atoms with Crippen LogP contribution in [-0.2, 0) is 10.6 Å². The van der Waals surface area contributed by atoms with Gasteiger partial charge in [-0.2, -0.15) is 0 Å². The van der Waals surface area contributed by atoms with Gasteiger partial charge in [0.05, 0.1) is 13.7 Å². The molecule has 0 saturated heterocycles. The molecule has 0 aliphatic heterocycles. The Kier molecular flexibility index (Phi) is 7.68. The van der Waals surface area contributed by atoms with Gasteiger partial charge in [-0.1, -0.05) is 19.9 Å². The van der Waals surface area contributed by atoms with Gasteiger partial charge in [0.2, 0.25) is 0 Å². The molecule has 4 heteroatoms. The normalized spacial score (nSPS) is 10.8. The van der Waals surface area contributed by atoms with Crippen LogP contribution < -0.4 is 9.47 Å². The number of halogens is 1. The molecule has 1 rings (SSSR count). The molecule has 0 aliphatic rings. The molecular formula is C15H23ClO3. The maximum Gasteiger partial charge on any atom is 0.161 e. The number of alkyl halides is 1. The van der Waals surface area contributed by atoms with E-state index >= 15 is 0 Å². The zero-order valence-electron chi connectivity index (χ0n) is 11.9. The number of rotatable bonds is 9. The van der Waals surface area contributed by atoms with Gasteiger partial charge in [-0.3, -0.25) is 0 Å². The molecule has 0 aliphatic carbocycles. The van der Waals surface area contributed by atoms with Crippen molar-refractivity contribution in [3.8, 4) is 11.5 Å². The molecule has 1 aromatic rings. The van der Waals surface area contributed by atoms with E-state index < -0.39 is 0 Å². The second-order valence-electron chi connectivity index (χ2n) is 4.76. The third-order valence-electron chi connectivity index (χ3n) is 2.71. The molecule has 3 nitrogen and oxygen atoms in total. The average Bonchev–Trinajstić information content (AvgIpc) is 2.42. The minimum absolute atomic E-state index is 0.467. The lowest BCUT2D eigenvalue weighted by Crippen LogP contribution is -2.09. The van der Waals surface area contributed by atoms with Crippen molar-refractivity contribution in [1.82, 2.24) is 0 Å². The van der Waals surface area contributed by atoms with Crippen LogP contribution in [0.4, 0.5) is 0 Å². The zero-order valence-corrected chi connectivity index (χ0v) is 12.7. The second-order valence-corrected chi connectivity index (χ2v) is 5.03. The molecule has 0 atom stereocenters. The van der Waals surface area contributed by atoms with Gasteiger partial charge in [-0.05, 0) is 30.0 Å². The standard InChI is InChI=1S/C15H23ClO3/c1-12(2)6-7-18-8-9-19-14-5-4-13(11-16)10-15(14)17-3/h4-5,10,12H,6-9,11H2,1-3H3. The molecule has 0 heterocycles. The molecule has 1 aromatic carbocycles. The molecule has 108 valence electrons. The van der Waals surface area contributed by atoms with Crippen molar-refractivity contribution >= 4 is 11.6 Å². The van der Waals surface area contributed by atoms with Gasteiger partial charge in [0, 0.05) is 12.5 Å². The highest BCUT2D eigenvalue weighted by atomic mass is 35.5. The van der Waals surface area contributed by atoms with E-state index in [1.807, 2.05) is 18.2 Å². The van der Waals surface area contributed by atoms with Crippen molar-refractivity contribution in [3.63, 3.8) is 0 Å². The van der Waals surface area contributed by atoms with E-state index in [-0.39, 0.29) is 0 Å². The van der Waals surface area contributed by atoms with Crippen LogP contribution in [0.15, 0.2) is 18.2 Å². The van der Waals surface area contributed by atoms with Gasteiger partial charge in [0.1, 0.15) is 6.61 Å². The summed E-state index contributed by atoms with van der Waals surface area (Å²) in [7, 11) is 1.62. The molecule has 0 amide bonds. The summed E-state index contributed by atoms with van der Waals surface area (Å²) in [4.78, 5) is 0. The average molecular weight is 287 g/mol. The maximum absolute atomic E-state index is 5.78. The third kappa shape index (κ3) is 6.17. The number of benzene rings is 1. The number of methoxy groups -OCH3 is 1. The van der Waals surface area contributed by atoms with Crippen molar-refractivity contribution in [1.29, 1.82) is 0 Å². The number of hydrogen-bond acceptors (Lipinski definition) is 3. The van der Waals surface area contributed by atoms with Gasteiger partial charge in [0.25, 0.3) is 0 Å². The van der Waals surface area contributed by atoms with Crippen LogP contribution in [0, 0.1) is 5.92 Å². The first kappa shape index (κ1) is 16.1. The molecule has 0 fully saturated rings. The molecule has 0 saturated carbocycles. The van der Waals surface area contributed by atoms with E-state index in [1.54, 1.807) is 7.11 Å². The highest BCUT2D eigenvalue weighted by molar-refractivity contribution is 6.17. The minimum Gasteiger partial charge on any atom is -0.493 e. The molecule has 0 radical (unpaired) electrons. The van der Waals surface area contributed by atoms with E-state index in [0.717, 1.165) is 24.3 Å². The second kappa shape index (κ2) is 9.05. The molecule has 0 aromatic heterocycles. The summed E-state index contributed by atoms with van der Waals surface area (Å²) in [6.45, 7) is 6.26. The Bertz CT molecular complexity index is 366. The summed E-state index contributed by atoms with van der Waals surface area (Å²) < 4.78 is 16.4. The molecular weight excluding hydrogens is 264 g/mol. The fourth-order valence-electron chi connectivity index (χ4n) is 1.55. The van der Waals surface area contributed by atoms with Crippen molar-refractivity contribution < 1.29 is 14.2 Å². The highest BCUT2D eigenvalue weighted by Crippen LogP contribution is 2.28. The van der Waals surface area contributed by atoms with Gasteiger partial charge in [-0.25, -0.2) is 0 Å². The lowest BCUT2D eigenvalue weighted by Gasteiger charge is -2.12. The quantitative estimate of drug-likeness (QED) is 0.509. The van der Waals surface area contributed by atoms with E-state index in [4.69, 9.17) is 25.8 Å². The van der Waals surface area contributed by atoms with Crippen LogP contribution in [0.3, 0.4) is 0 Å². The lowest BCUT2D eigenvalue weighted by molar-refractivity contribution is 0.0916. The molecule has 0 unspecified atom stereocenters. The molecule has 0 N–H and O–H groups in total. The monoisotopic (exact) mass is 286 g/mol. The van der Waals surface area contributed by atoms with Crippen LogP contribution in [0.25, 0.3) is 0 Å². The Hall–Kier alpha value is -0.930. The maximum atomic E-state index is 5.78. The topological polar surface area (TPSA) is 27.7 Å². The summed E-state index contributed by atoms with van der Waals surface area (Å²) >= 11 is 5.78. The van der Waals surface area contributed by atoms with Crippen molar-refractivity contribution in [2.45, 2.75) is 26.1 Å². The van der Waals surface area contributed by atoms with Crippen LogP contribution in [0.5, 0.6) is 11.5 Å². The van der Waals surface area contributed by atoms with Crippen LogP contribution in [0.2, 0.25) is 0 Å². The Balaban J connectivity index is 2.32. The number of ether oxygens (including phenoxy) is 3. The van der Waals surface area contributed by atoms with E-state index in [9.17, 15) is 0 Å². The smallest absolute Gasteiger partial charge is 0.161 e. The SMILES string of the molecule is COc1cc(CCl)ccc1OCCOCCC(C)C. The van der Waals surface area contributed by atoms with Crippen molar-refractivity contribution in [3.05, 3.63) is 23.8 Å². The first-order chi connectivity index (χ1) is 9.17. The van der Waals surface area contributed by atoms with Crippen molar-refractivity contribution in [2.75, 3.05) is 26.9 Å². The Morgan fingerprint density at radius 1 is 1.11 bits per heavy atom. The largest absolute Gasteiger partial charge is 0.493 e. The summed E-state index contributed by atoms with van der Waals surface area (Å²) in [6, 6.07) is 5.71. The Labute approximate surface area is 120 Å². The van der Waals surface area contributed by atoms with E-state index in [2.05, 4.69) is 13.8 Å². The van der Waals surface area contributed by atoms with E-state index in [0.29, 0.717) is 30.8 Å².